The number of aromatic nitrogens is 2. The van der Waals surface area contributed by atoms with Gasteiger partial charge in [-0.2, -0.15) is 0 Å². The van der Waals surface area contributed by atoms with E-state index in [0.29, 0.717) is 18.5 Å². The minimum Gasteiger partial charge on any atom is -0.481 e. The standard InChI is InChI=1S/C11H15N3O2/c1-8-6-12-11(13-7-8)14(9-2-3-9)5-4-10(15)16/h6-7,9H,2-5H2,1H3,(H,15,16). The second-order valence-corrected chi connectivity index (χ2v) is 4.13. The van der Waals surface area contributed by atoms with Crippen LogP contribution in [0.25, 0.3) is 0 Å². The van der Waals surface area contributed by atoms with Crippen LogP contribution in [0.5, 0.6) is 0 Å². The predicted octanol–water partition coefficient (Wildman–Crippen LogP) is 1.23. The van der Waals surface area contributed by atoms with E-state index >= 15 is 0 Å². The third-order valence-electron chi connectivity index (χ3n) is 2.58. The van der Waals surface area contributed by atoms with Crippen LogP contribution in [0.1, 0.15) is 24.8 Å². The van der Waals surface area contributed by atoms with Crippen LogP contribution in [0.3, 0.4) is 0 Å². The molecule has 0 spiro atoms. The summed E-state index contributed by atoms with van der Waals surface area (Å²) in [5, 5.41) is 8.69. The van der Waals surface area contributed by atoms with Crippen LogP contribution in [0.15, 0.2) is 12.4 Å². The van der Waals surface area contributed by atoms with E-state index in [9.17, 15) is 4.79 Å². The molecule has 86 valence electrons. The lowest BCUT2D eigenvalue weighted by Gasteiger charge is -2.21. The number of carboxylic acid groups (broad SMARTS) is 1. The number of hydrogen-bond donors (Lipinski definition) is 1. The van der Waals surface area contributed by atoms with Gasteiger partial charge < -0.3 is 10.0 Å². The van der Waals surface area contributed by atoms with Gasteiger partial charge in [-0.3, -0.25) is 4.79 Å². The van der Waals surface area contributed by atoms with Crippen molar-refractivity contribution in [2.24, 2.45) is 0 Å². The normalized spacial score (nSPS) is 14.8. The van der Waals surface area contributed by atoms with Crippen LogP contribution in [-0.4, -0.2) is 33.6 Å². The molecule has 2 rings (SSSR count). The predicted molar refractivity (Wildman–Crippen MR) is 59.4 cm³/mol. The molecule has 0 atom stereocenters. The molecule has 0 saturated heterocycles. The molecule has 0 bridgehead atoms. The highest BCUT2D eigenvalue weighted by molar-refractivity contribution is 5.67. The highest BCUT2D eigenvalue weighted by atomic mass is 16.4. The Hall–Kier alpha value is -1.65. The Bertz CT molecular complexity index is 373. The Morgan fingerprint density at radius 2 is 2.12 bits per heavy atom. The number of hydrogen-bond acceptors (Lipinski definition) is 4. The van der Waals surface area contributed by atoms with Crippen LogP contribution < -0.4 is 4.90 Å². The summed E-state index contributed by atoms with van der Waals surface area (Å²) >= 11 is 0. The first-order valence-corrected chi connectivity index (χ1v) is 5.44. The van der Waals surface area contributed by atoms with E-state index in [-0.39, 0.29) is 6.42 Å². The molecule has 0 unspecified atom stereocenters. The number of nitrogens with zero attached hydrogens (tertiary/aromatic N) is 3. The Balaban J connectivity index is 2.06. The average Bonchev–Trinajstić information content (AvgIpc) is 3.04. The van der Waals surface area contributed by atoms with Crippen molar-refractivity contribution in [1.29, 1.82) is 0 Å². The SMILES string of the molecule is Cc1cnc(N(CCC(=O)O)C2CC2)nc1. The maximum atomic E-state index is 10.6. The van der Waals surface area contributed by atoms with Gasteiger partial charge in [0.15, 0.2) is 0 Å². The fourth-order valence-corrected chi connectivity index (χ4v) is 1.58. The van der Waals surface area contributed by atoms with E-state index in [1.165, 1.54) is 0 Å². The lowest BCUT2D eigenvalue weighted by atomic mass is 10.3. The van der Waals surface area contributed by atoms with Gasteiger partial charge in [-0.1, -0.05) is 0 Å². The Labute approximate surface area is 94.1 Å². The highest BCUT2D eigenvalue weighted by Crippen LogP contribution is 2.29. The van der Waals surface area contributed by atoms with E-state index in [1.807, 2.05) is 11.8 Å². The van der Waals surface area contributed by atoms with Gasteiger partial charge in [-0.15, -0.1) is 0 Å². The number of aliphatic carboxylic acids is 1. The molecule has 5 nitrogen and oxygen atoms in total. The van der Waals surface area contributed by atoms with Crippen molar-refractivity contribution in [3.63, 3.8) is 0 Å². The highest BCUT2D eigenvalue weighted by Gasteiger charge is 2.30. The molecule has 1 saturated carbocycles. The lowest BCUT2D eigenvalue weighted by molar-refractivity contribution is -0.136. The van der Waals surface area contributed by atoms with Crippen LogP contribution in [0.2, 0.25) is 0 Å². The molecule has 1 aliphatic carbocycles. The van der Waals surface area contributed by atoms with E-state index in [2.05, 4.69) is 9.97 Å². The molecule has 1 aromatic heterocycles. The maximum absolute atomic E-state index is 10.6. The molecule has 1 heterocycles. The third-order valence-corrected chi connectivity index (χ3v) is 2.58. The van der Waals surface area contributed by atoms with Crippen LogP contribution in [-0.2, 0) is 4.79 Å². The first-order chi connectivity index (χ1) is 7.66. The molecule has 0 aromatic carbocycles. The molecule has 5 heteroatoms. The van der Waals surface area contributed by atoms with E-state index in [4.69, 9.17) is 5.11 Å². The summed E-state index contributed by atoms with van der Waals surface area (Å²) in [5.41, 5.74) is 1.01. The van der Waals surface area contributed by atoms with Gasteiger partial charge in [0, 0.05) is 25.0 Å². The van der Waals surface area contributed by atoms with Crippen molar-refractivity contribution in [2.45, 2.75) is 32.2 Å². The Morgan fingerprint density at radius 3 is 2.62 bits per heavy atom. The first kappa shape index (κ1) is 10.9. The molecule has 1 aliphatic rings. The zero-order valence-electron chi connectivity index (χ0n) is 9.26. The molecular weight excluding hydrogens is 206 g/mol. The lowest BCUT2D eigenvalue weighted by Crippen LogP contribution is -2.30. The zero-order chi connectivity index (χ0) is 11.5. The minimum atomic E-state index is -0.780. The van der Waals surface area contributed by atoms with Gasteiger partial charge >= 0.3 is 5.97 Å². The van der Waals surface area contributed by atoms with Crippen molar-refractivity contribution in [3.05, 3.63) is 18.0 Å². The summed E-state index contributed by atoms with van der Waals surface area (Å²) in [7, 11) is 0. The van der Waals surface area contributed by atoms with Crippen molar-refractivity contribution in [3.8, 4) is 0 Å². The third kappa shape index (κ3) is 2.68. The van der Waals surface area contributed by atoms with Crippen LogP contribution in [0.4, 0.5) is 5.95 Å². The summed E-state index contributed by atoms with van der Waals surface area (Å²) in [4.78, 5) is 21.0. The number of carboxylic acids is 1. The average molecular weight is 221 g/mol. The first-order valence-electron chi connectivity index (χ1n) is 5.44. The zero-order valence-corrected chi connectivity index (χ0v) is 9.26. The van der Waals surface area contributed by atoms with Gasteiger partial charge in [-0.25, -0.2) is 9.97 Å². The Kier molecular flexibility index (Phi) is 3.03. The fourth-order valence-electron chi connectivity index (χ4n) is 1.58. The van der Waals surface area contributed by atoms with Crippen molar-refractivity contribution in [1.82, 2.24) is 9.97 Å². The summed E-state index contributed by atoms with van der Waals surface area (Å²) < 4.78 is 0. The van der Waals surface area contributed by atoms with Crippen LogP contribution >= 0.6 is 0 Å². The van der Waals surface area contributed by atoms with Crippen LogP contribution in [0, 0.1) is 6.92 Å². The topological polar surface area (TPSA) is 66.3 Å². The monoisotopic (exact) mass is 221 g/mol. The summed E-state index contributed by atoms with van der Waals surface area (Å²) in [5.74, 6) is -0.132. The molecule has 1 fully saturated rings. The minimum absolute atomic E-state index is 0.133. The molecule has 16 heavy (non-hydrogen) atoms. The second kappa shape index (κ2) is 4.47. The maximum Gasteiger partial charge on any atom is 0.305 e. The van der Waals surface area contributed by atoms with Gasteiger partial charge in [0.25, 0.3) is 0 Å². The van der Waals surface area contributed by atoms with E-state index < -0.39 is 5.97 Å². The number of rotatable bonds is 5. The molecule has 1 N–H and O–H groups in total. The quantitative estimate of drug-likeness (QED) is 0.810. The van der Waals surface area contributed by atoms with E-state index in [0.717, 1.165) is 18.4 Å². The molecule has 0 aliphatic heterocycles. The number of anilines is 1. The molecular formula is C11H15N3O2. The van der Waals surface area contributed by atoms with Crippen molar-refractivity contribution >= 4 is 11.9 Å². The van der Waals surface area contributed by atoms with Gasteiger partial charge in [-0.05, 0) is 25.3 Å². The summed E-state index contributed by atoms with van der Waals surface area (Å²) in [6.07, 6.45) is 5.87. The van der Waals surface area contributed by atoms with Gasteiger partial charge in [0.05, 0.1) is 6.42 Å². The molecule has 0 amide bonds. The largest absolute Gasteiger partial charge is 0.481 e. The molecule has 1 aromatic rings. The number of aryl methyl sites for hydroxylation is 1. The van der Waals surface area contributed by atoms with Crippen molar-refractivity contribution in [2.75, 3.05) is 11.4 Å². The fraction of sp³-hybridized carbons (Fsp3) is 0.545. The van der Waals surface area contributed by atoms with Crippen molar-refractivity contribution < 1.29 is 9.90 Å². The summed E-state index contributed by atoms with van der Waals surface area (Å²) in [6, 6.07) is 0.432. The Morgan fingerprint density at radius 1 is 1.50 bits per heavy atom. The second-order valence-electron chi connectivity index (χ2n) is 4.13. The number of carbonyl (C=O) groups is 1. The smallest absolute Gasteiger partial charge is 0.305 e. The van der Waals surface area contributed by atoms with Gasteiger partial charge in [0.1, 0.15) is 0 Å². The molecule has 0 radical (unpaired) electrons. The van der Waals surface area contributed by atoms with Gasteiger partial charge in [0.2, 0.25) is 5.95 Å². The summed E-state index contributed by atoms with van der Waals surface area (Å²) in [6.45, 7) is 2.42. The van der Waals surface area contributed by atoms with E-state index in [1.54, 1.807) is 12.4 Å².